The number of nitrogens with zero attached hydrogens (tertiary/aromatic N) is 2. The van der Waals surface area contributed by atoms with Crippen molar-refractivity contribution in [1.29, 1.82) is 0 Å². The molecule has 25 heavy (non-hydrogen) atoms. The first-order chi connectivity index (χ1) is 11.8. The van der Waals surface area contributed by atoms with Crippen molar-refractivity contribution in [3.63, 3.8) is 0 Å². The lowest BCUT2D eigenvalue weighted by molar-refractivity contribution is -0.0308. The minimum Gasteiger partial charge on any atom is -0.374 e. The second kappa shape index (κ2) is 7.37. The van der Waals surface area contributed by atoms with Gasteiger partial charge in [-0.3, -0.25) is 0 Å². The summed E-state index contributed by atoms with van der Waals surface area (Å²) in [6.45, 7) is 10.6. The van der Waals surface area contributed by atoms with Gasteiger partial charge in [0.25, 0.3) is 0 Å². The average Bonchev–Trinajstić information content (AvgIpc) is 3.07. The summed E-state index contributed by atoms with van der Waals surface area (Å²) in [6.07, 6.45) is 5.80. The molecule has 1 aliphatic heterocycles. The Balaban J connectivity index is 1.64. The number of nitrogens with one attached hydrogen (secondary N) is 1. The van der Waals surface area contributed by atoms with Crippen molar-refractivity contribution in [2.24, 2.45) is 5.41 Å². The Morgan fingerprint density at radius 3 is 2.60 bits per heavy atom. The third kappa shape index (κ3) is 4.26. The molecule has 1 aromatic rings. The minimum absolute atomic E-state index is 0.124. The van der Waals surface area contributed by atoms with E-state index in [0.29, 0.717) is 11.3 Å². The van der Waals surface area contributed by atoms with Crippen LogP contribution in [0.1, 0.15) is 68.9 Å². The van der Waals surface area contributed by atoms with Crippen LogP contribution in [0.25, 0.3) is 0 Å². The van der Waals surface area contributed by atoms with E-state index in [0.717, 1.165) is 63.4 Å². The molecule has 2 heterocycles. The molecule has 0 bridgehead atoms. The number of ether oxygens (including phenoxy) is 1. The van der Waals surface area contributed by atoms with Crippen LogP contribution in [0.15, 0.2) is 4.52 Å². The first kappa shape index (κ1) is 18.9. The molecule has 0 aromatic carbocycles. The lowest BCUT2D eigenvalue weighted by Crippen LogP contribution is -2.33. The highest BCUT2D eigenvalue weighted by atomic mass is 16.5. The molecule has 2 aliphatic rings. The van der Waals surface area contributed by atoms with E-state index in [1.165, 1.54) is 12.0 Å². The Hall–Kier alpha value is -0.910. The summed E-state index contributed by atoms with van der Waals surface area (Å²) >= 11 is 0. The van der Waals surface area contributed by atoms with Gasteiger partial charge in [-0.25, -0.2) is 0 Å². The minimum atomic E-state index is 0.124. The van der Waals surface area contributed by atoms with E-state index in [9.17, 15) is 0 Å². The molecule has 5 heteroatoms. The van der Waals surface area contributed by atoms with E-state index in [-0.39, 0.29) is 5.60 Å². The van der Waals surface area contributed by atoms with Crippen LogP contribution in [0.5, 0.6) is 0 Å². The third-order valence-corrected chi connectivity index (χ3v) is 6.02. The normalized spacial score (nSPS) is 29.0. The van der Waals surface area contributed by atoms with Gasteiger partial charge in [-0.2, -0.15) is 0 Å². The van der Waals surface area contributed by atoms with Gasteiger partial charge in [0, 0.05) is 31.1 Å². The van der Waals surface area contributed by atoms with Crippen LogP contribution in [0.3, 0.4) is 0 Å². The van der Waals surface area contributed by atoms with Crippen molar-refractivity contribution in [1.82, 2.24) is 15.4 Å². The lowest BCUT2D eigenvalue weighted by Gasteiger charge is -2.36. The number of aromatic nitrogens is 1. The summed E-state index contributed by atoms with van der Waals surface area (Å²) in [4.78, 5) is 2.34. The van der Waals surface area contributed by atoms with Crippen LogP contribution >= 0.6 is 0 Å². The molecule has 1 saturated heterocycles. The quantitative estimate of drug-likeness (QED) is 0.852. The van der Waals surface area contributed by atoms with Crippen molar-refractivity contribution in [2.75, 3.05) is 33.8 Å². The summed E-state index contributed by atoms with van der Waals surface area (Å²) in [7, 11) is 4.16. The van der Waals surface area contributed by atoms with Crippen LogP contribution < -0.4 is 5.32 Å². The zero-order chi connectivity index (χ0) is 18.1. The Morgan fingerprint density at radius 2 is 2.00 bits per heavy atom. The lowest BCUT2D eigenvalue weighted by atomic mass is 9.72. The van der Waals surface area contributed by atoms with Gasteiger partial charge in [-0.05, 0) is 58.5 Å². The van der Waals surface area contributed by atoms with Crippen LogP contribution in [0, 0.1) is 12.3 Å². The number of hydrogen-bond donors (Lipinski definition) is 1. The monoisotopic (exact) mass is 349 g/mol. The predicted octanol–water partition coefficient (Wildman–Crippen LogP) is 3.48. The molecule has 0 atom stereocenters. The molecule has 1 saturated carbocycles. The molecule has 1 aromatic heterocycles. The van der Waals surface area contributed by atoms with Gasteiger partial charge in [0.05, 0.1) is 17.9 Å². The number of aryl methyl sites for hydroxylation is 1. The van der Waals surface area contributed by atoms with Crippen molar-refractivity contribution >= 4 is 0 Å². The summed E-state index contributed by atoms with van der Waals surface area (Å²) in [5.74, 6) is 1.62. The third-order valence-electron chi connectivity index (χ3n) is 6.02. The zero-order valence-electron chi connectivity index (χ0n) is 16.7. The molecule has 1 N–H and O–H groups in total. The predicted molar refractivity (Wildman–Crippen MR) is 99.8 cm³/mol. The molecule has 2 fully saturated rings. The average molecular weight is 350 g/mol. The van der Waals surface area contributed by atoms with Crippen molar-refractivity contribution in [2.45, 2.75) is 70.9 Å². The maximum atomic E-state index is 6.26. The topological polar surface area (TPSA) is 50.5 Å². The summed E-state index contributed by atoms with van der Waals surface area (Å²) in [5.41, 5.74) is 2.80. The molecule has 5 nitrogen and oxygen atoms in total. The smallest absolute Gasteiger partial charge is 0.144 e. The van der Waals surface area contributed by atoms with E-state index in [1.807, 2.05) is 7.05 Å². The van der Waals surface area contributed by atoms with E-state index in [1.54, 1.807) is 0 Å². The Bertz CT molecular complexity index is 573. The van der Waals surface area contributed by atoms with Gasteiger partial charge >= 0.3 is 0 Å². The molecule has 1 aliphatic carbocycles. The van der Waals surface area contributed by atoms with E-state index in [4.69, 9.17) is 9.26 Å². The molecule has 0 unspecified atom stereocenters. The maximum absolute atomic E-state index is 6.26. The molecule has 142 valence electrons. The zero-order valence-corrected chi connectivity index (χ0v) is 16.7. The van der Waals surface area contributed by atoms with Gasteiger partial charge in [0.1, 0.15) is 5.76 Å². The van der Waals surface area contributed by atoms with E-state index < -0.39 is 0 Å². The maximum Gasteiger partial charge on any atom is 0.144 e. The first-order valence-corrected chi connectivity index (χ1v) is 9.76. The first-order valence-electron chi connectivity index (χ1n) is 9.76. The molecule has 3 rings (SSSR count). The van der Waals surface area contributed by atoms with E-state index >= 15 is 0 Å². The second-order valence-corrected chi connectivity index (χ2v) is 9.04. The highest BCUT2D eigenvalue weighted by Crippen LogP contribution is 2.50. The molecular formula is C20H35N3O2. The fourth-order valence-corrected chi connectivity index (χ4v) is 4.62. The van der Waals surface area contributed by atoms with Crippen LogP contribution in [0.4, 0.5) is 0 Å². The highest BCUT2D eigenvalue weighted by molar-refractivity contribution is 5.25. The number of rotatable bonds is 6. The van der Waals surface area contributed by atoms with Gasteiger partial charge in [0.2, 0.25) is 0 Å². The Morgan fingerprint density at radius 1 is 1.28 bits per heavy atom. The Kier molecular flexibility index (Phi) is 5.57. The van der Waals surface area contributed by atoms with E-state index in [2.05, 4.69) is 43.2 Å². The fourth-order valence-electron chi connectivity index (χ4n) is 4.62. The largest absolute Gasteiger partial charge is 0.374 e. The SMILES string of the molecule is CNCCN(C)Cc1c(C)noc1C1CCC2(CC1)CC(C)(C)CO2. The molecule has 0 radical (unpaired) electrons. The molecule has 0 amide bonds. The summed E-state index contributed by atoms with van der Waals surface area (Å²) < 4.78 is 12.1. The van der Waals surface area contributed by atoms with Crippen molar-refractivity contribution in [3.05, 3.63) is 17.0 Å². The molecule has 1 spiro atoms. The van der Waals surface area contributed by atoms with Gasteiger partial charge in [0.15, 0.2) is 0 Å². The number of hydrogen-bond acceptors (Lipinski definition) is 5. The standard InChI is InChI=1S/C20H35N3O2/c1-15-17(12-23(5)11-10-21-4)18(25-22-15)16-6-8-20(9-7-16)13-19(2,3)14-24-20/h16,21H,6-14H2,1-5H3. The van der Waals surface area contributed by atoms with Crippen LogP contribution in [0.2, 0.25) is 0 Å². The highest BCUT2D eigenvalue weighted by Gasteiger charge is 2.47. The fraction of sp³-hybridized carbons (Fsp3) is 0.850. The van der Waals surface area contributed by atoms with Crippen molar-refractivity contribution < 1.29 is 9.26 Å². The van der Waals surface area contributed by atoms with Crippen molar-refractivity contribution in [3.8, 4) is 0 Å². The summed E-state index contributed by atoms with van der Waals surface area (Å²) in [5, 5.41) is 7.50. The van der Waals surface area contributed by atoms with Crippen LogP contribution in [-0.2, 0) is 11.3 Å². The number of likely N-dealkylation sites (N-methyl/N-ethyl adjacent to an activating group) is 2. The van der Waals surface area contributed by atoms with Crippen LogP contribution in [-0.4, -0.2) is 49.4 Å². The summed E-state index contributed by atoms with van der Waals surface area (Å²) in [6, 6.07) is 0. The van der Waals surface area contributed by atoms with Gasteiger partial charge < -0.3 is 19.5 Å². The van der Waals surface area contributed by atoms with Gasteiger partial charge in [-0.15, -0.1) is 0 Å². The molecular weight excluding hydrogens is 314 g/mol. The Labute approximate surface area is 152 Å². The second-order valence-electron chi connectivity index (χ2n) is 9.04. The van der Waals surface area contributed by atoms with Gasteiger partial charge in [-0.1, -0.05) is 19.0 Å².